The molecule has 0 amide bonds. The molecule has 0 spiro atoms. The molecule has 0 aromatic carbocycles. The van der Waals surface area contributed by atoms with Gasteiger partial charge >= 0.3 is 0 Å². The summed E-state index contributed by atoms with van der Waals surface area (Å²) in [6, 6.07) is 1.98. The Balaban J connectivity index is 2.16. The number of nitrogens with zero attached hydrogens (tertiary/aromatic N) is 3. The van der Waals surface area contributed by atoms with Gasteiger partial charge in [0.25, 0.3) is 0 Å². The molecule has 0 unspecified atom stereocenters. The van der Waals surface area contributed by atoms with E-state index >= 15 is 0 Å². The van der Waals surface area contributed by atoms with Crippen LogP contribution in [0.1, 0.15) is 25.0 Å². The third-order valence-electron chi connectivity index (χ3n) is 1.97. The van der Waals surface area contributed by atoms with Crippen LogP contribution in [0.25, 0.3) is 0 Å². The molecule has 0 aliphatic heterocycles. The number of unbranched alkanes of at least 4 members (excludes halogenated alkanes) is 1. The molecule has 5 nitrogen and oxygen atoms in total. The van der Waals surface area contributed by atoms with E-state index in [-0.39, 0.29) is 0 Å². The van der Waals surface area contributed by atoms with Crippen molar-refractivity contribution in [3.05, 3.63) is 18.0 Å². The van der Waals surface area contributed by atoms with Gasteiger partial charge in [-0.2, -0.15) is 5.10 Å². The molecule has 0 fully saturated rings. The van der Waals surface area contributed by atoms with Gasteiger partial charge < -0.3 is 10.9 Å². The summed E-state index contributed by atoms with van der Waals surface area (Å²) in [5.41, 5.74) is 6.36. The predicted octanol–water partition coefficient (Wildman–Crippen LogP) is 1.11. The van der Waals surface area contributed by atoms with Crippen molar-refractivity contribution in [2.45, 2.75) is 32.7 Å². The van der Waals surface area contributed by atoms with E-state index in [4.69, 9.17) is 10.9 Å². The van der Waals surface area contributed by atoms with Crippen LogP contribution in [0, 0.1) is 6.92 Å². The first-order chi connectivity index (χ1) is 6.72. The van der Waals surface area contributed by atoms with Crippen molar-refractivity contribution in [2.24, 2.45) is 10.9 Å². The van der Waals surface area contributed by atoms with Crippen LogP contribution in [0.5, 0.6) is 0 Å². The maximum absolute atomic E-state index is 8.30. The van der Waals surface area contributed by atoms with Crippen LogP contribution in [-0.4, -0.2) is 20.8 Å². The molecule has 78 valence electrons. The van der Waals surface area contributed by atoms with Gasteiger partial charge in [0.05, 0.1) is 5.69 Å². The highest BCUT2D eigenvalue weighted by atomic mass is 16.4. The van der Waals surface area contributed by atoms with Crippen molar-refractivity contribution in [3.63, 3.8) is 0 Å². The highest BCUT2D eigenvalue weighted by Gasteiger charge is 1.96. The Morgan fingerprint density at radius 3 is 3.00 bits per heavy atom. The van der Waals surface area contributed by atoms with Crippen LogP contribution < -0.4 is 5.73 Å². The molecule has 0 aliphatic rings. The largest absolute Gasteiger partial charge is 0.409 e. The minimum absolute atomic E-state index is 0.293. The Kier molecular flexibility index (Phi) is 3.97. The molecule has 0 saturated heterocycles. The molecule has 0 radical (unpaired) electrons. The van der Waals surface area contributed by atoms with Crippen LogP contribution in [0.15, 0.2) is 17.4 Å². The van der Waals surface area contributed by atoms with Crippen LogP contribution >= 0.6 is 0 Å². The van der Waals surface area contributed by atoms with Crippen LogP contribution in [0.4, 0.5) is 0 Å². The summed E-state index contributed by atoms with van der Waals surface area (Å²) in [6.07, 6.45) is 4.49. The maximum Gasteiger partial charge on any atom is 0.139 e. The average molecular weight is 196 g/mol. The lowest BCUT2D eigenvalue weighted by atomic mass is 10.2. The zero-order valence-corrected chi connectivity index (χ0v) is 8.35. The van der Waals surface area contributed by atoms with E-state index in [2.05, 4.69) is 10.3 Å². The summed E-state index contributed by atoms with van der Waals surface area (Å²) < 4.78 is 1.90. The second-order valence-electron chi connectivity index (χ2n) is 3.27. The van der Waals surface area contributed by atoms with E-state index in [1.165, 1.54) is 0 Å². The molecule has 0 atom stereocenters. The van der Waals surface area contributed by atoms with Crippen molar-refractivity contribution in [1.29, 1.82) is 0 Å². The Morgan fingerprint density at radius 2 is 2.43 bits per heavy atom. The second kappa shape index (κ2) is 5.26. The maximum atomic E-state index is 8.30. The van der Waals surface area contributed by atoms with E-state index in [1.54, 1.807) is 0 Å². The fraction of sp³-hybridized carbons (Fsp3) is 0.556. The van der Waals surface area contributed by atoms with Crippen molar-refractivity contribution in [3.8, 4) is 0 Å². The third kappa shape index (κ3) is 3.47. The smallest absolute Gasteiger partial charge is 0.139 e. The van der Waals surface area contributed by atoms with E-state index in [0.29, 0.717) is 12.3 Å². The predicted molar refractivity (Wildman–Crippen MR) is 54.2 cm³/mol. The van der Waals surface area contributed by atoms with Gasteiger partial charge in [-0.3, -0.25) is 4.68 Å². The second-order valence-corrected chi connectivity index (χ2v) is 3.27. The highest BCUT2D eigenvalue weighted by molar-refractivity contribution is 5.79. The van der Waals surface area contributed by atoms with Gasteiger partial charge in [0.1, 0.15) is 5.84 Å². The number of nitrogens with two attached hydrogens (primary N) is 1. The monoisotopic (exact) mass is 196 g/mol. The third-order valence-corrected chi connectivity index (χ3v) is 1.97. The number of aromatic nitrogens is 2. The van der Waals surface area contributed by atoms with Gasteiger partial charge in [0.2, 0.25) is 0 Å². The van der Waals surface area contributed by atoms with Crippen molar-refractivity contribution in [1.82, 2.24) is 9.78 Å². The summed E-state index contributed by atoms with van der Waals surface area (Å²) in [7, 11) is 0. The standard InChI is InChI=1S/C9H16N4O/c1-8-5-7-13(11-8)6-3-2-4-9(10)12-14/h5,7,14H,2-4,6H2,1H3,(H2,10,12). The first-order valence-electron chi connectivity index (χ1n) is 4.69. The first kappa shape index (κ1) is 10.6. The van der Waals surface area contributed by atoms with Crippen LogP contribution in [0.3, 0.4) is 0 Å². The first-order valence-corrected chi connectivity index (χ1v) is 4.69. The Hall–Kier alpha value is -1.52. The van der Waals surface area contributed by atoms with Gasteiger partial charge in [0.15, 0.2) is 0 Å². The van der Waals surface area contributed by atoms with E-state index in [9.17, 15) is 0 Å². The summed E-state index contributed by atoms with van der Waals surface area (Å²) in [5, 5.41) is 15.5. The van der Waals surface area contributed by atoms with Crippen molar-refractivity contribution in [2.75, 3.05) is 0 Å². The van der Waals surface area contributed by atoms with Gasteiger partial charge in [-0.1, -0.05) is 5.16 Å². The topological polar surface area (TPSA) is 76.4 Å². The average Bonchev–Trinajstić information content (AvgIpc) is 2.58. The van der Waals surface area contributed by atoms with E-state index < -0.39 is 0 Å². The highest BCUT2D eigenvalue weighted by Crippen LogP contribution is 2.00. The molecule has 0 aliphatic carbocycles. The van der Waals surface area contributed by atoms with Gasteiger partial charge in [-0.05, 0) is 25.8 Å². The minimum Gasteiger partial charge on any atom is -0.409 e. The van der Waals surface area contributed by atoms with E-state index in [1.807, 2.05) is 23.9 Å². The molecule has 1 aromatic heterocycles. The zero-order chi connectivity index (χ0) is 10.4. The fourth-order valence-corrected chi connectivity index (χ4v) is 1.22. The summed E-state index contributed by atoms with van der Waals surface area (Å²) in [4.78, 5) is 0. The number of hydrogen-bond acceptors (Lipinski definition) is 3. The molecule has 1 aromatic rings. The van der Waals surface area contributed by atoms with Crippen molar-refractivity contribution >= 4 is 5.84 Å². The van der Waals surface area contributed by atoms with Gasteiger partial charge in [-0.15, -0.1) is 0 Å². The molecule has 1 rings (SSSR count). The van der Waals surface area contributed by atoms with E-state index in [0.717, 1.165) is 25.1 Å². The molecule has 0 bridgehead atoms. The molecule has 1 heterocycles. The Labute approximate surface area is 83.2 Å². The molecule has 14 heavy (non-hydrogen) atoms. The summed E-state index contributed by atoms with van der Waals surface area (Å²) in [6.45, 7) is 2.85. The Morgan fingerprint density at radius 1 is 1.64 bits per heavy atom. The quantitative estimate of drug-likeness (QED) is 0.243. The van der Waals surface area contributed by atoms with Crippen LogP contribution in [0.2, 0.25) is 0 Å². The fourth-order valence-electron chi connectivity index (χ4n) is 1.22. The molecular weight excluding hydrogens is 180 g/mol. The number of hydrogen-bond donors (Lipinski definition) is 2. The van der Waals surface area contributed by atoms with Crippen LogP contribution in [-0.2, 0) is 6.54 Å². The number of amidine groups is 1. The SMILES string of the molecule is Cc1ccn(CCCCC(N)=NO)n1. The normalized spacial score (nSPS) is 11.9. The molecular formula is C9H16N4O. The zero-order valence-electron chi connectivity index (χ0n) is 8.35. The number of rotatable bonds is 5. The van der Waals surface area contributed by atoms with Crippen molar-refractivity contribution < 1.29 is 5.21 Å². The molecule has 5 heteroatoms. The lowest BCUT2D eigenvalue weighted by Crippen LogP contribution is -2.11. The van der Waals surface area contributed by atoms with Gasteiger partial charge in [0, 0.05) is 19.2 Å². The minimum atomic E-state index is 0.293. The summed E-state index contributed by atoms with van der Waals surface area (Å²) in [5.74, 6) is 0.293. The lowest BCUT2D eigenvalue weighted by Gasteiger charge is -2.00. The molecule has 0 saturated carbocycles. The number of aryl methyl sites for hydroxylation is 2. The lowest BCUT2D eigenvalue weighted by molar-refractivity contribution is 0.316. The summed E-state index contributed by atoms with van der Waals surface area (Å²) >= 11 is 0. The van der Waals surface area contributed by atoms with Gasteiger partial charge in [-0.25, -0.2) is 0 Å². The molecule has 3 N–H and O–H groups in total. The number of oxime groups is 1. The Bertz CT molecular complexity index is 306.